The number of rotatable bonds is 5. The van der Waals surface area contributed by atoms with Gasteiger partial charge in [0.1, 0.15) is 0 Å². The summed E-state index contributed by atoms with van der Waals surface area (Å²) in [6, 6.07) is 0. The summed E-state index contributed by atoms with van der Waals surface area (Å²) in [6.07, 6.45) is 6.94. The van der Waals surface area contributed by atoms with Crippen molar-refractivity contribution in [2.45, 2.75) is 32.6 Å². The van der Waals surface area contributed by atoms with E-state index >= 15 is 0 Å². The van der Waals surface area contributed by atoms with Crippen LogP contribution in [0.25, 0.3) is 0 Å². The number of halogens is 1. The minimum Gasteiger partial charge on any atom is -0.0988 e. The zero-order valence-electron chi connectivity index (χ0n) is 6.57. The van der Waals surface area contributed by atoms with Crippen molar-refractivity contribution in [3.63, 3.8) is 0 Å². The minimum absolute atomic E-state index is 1.16. The first-order valence-corrected chi connectivity index (χ1v) is 4.68. The maximum absolute atomic E-state index is 3.71. The fraction of sp³-hybridized carbons (Fsp3) is 0.556. The molecule has 0 saturated carbocycles. The molecule has 0 bridgehead atoms. The summed E-state index contributed by atoms with van der Waals surface area (Å²) in [6.45, 7) is 5.93. The highest BCUT2D eigenvalue weighted by Gasteiger charge is 1.89. The van der Waals surface area contributed by atoms with E-state index in [2.05, 4.69) is 29.4 Å². The van der Waals surface area contributed by atoms with Gasteiger partial charge in [-0.05, 0) is 23.4 Å². The summed E-state index contributed by atoms with van der Waals surface area (Å²) in [7, 11) is 0. The largest absolute Gasteiger partial charge is 0.0988 e. The average molecular weight is 203 g/mol. The molecule has 58 valence electrons. The van der Waals surface area contributed by atoms with E-state index in [0.717, 1.165) is 6.42 Å². The van der Waals surface area contributed by atoms with Gasteiger partial charge in [0.25, 0.3) is 0 Å². The van der Waals surface area contributed by atoms with E-state index in [0.29, 0.717) is 0 Å². The fourth-order valence-electron chi connectivity index (χ4n) is 0.780. The van der Waals surface area contributed by atoms with Crippen LogP contribution in [0.5, 0.6) is 0 Å². The zero-order valence-corrected chi connectivity index (χ0v) is 8.15. The van der Waals surface area contributed by atoms with Crippen LogP contribution in [-0.4, -0.2) is 0 Å². The van der Waals surface area contributed by atoms with Gasteiger partial charge in [0.2, 0.25) is 0 Å². The van der Waals surface area contributed by atoms with E-state index in [4.69, 9.17) is 0 Å². The highest BCUT2D eigenvalue weighted by Crippen LogP contribution is 2.10. The molecule has 0 N–H and O–H groups in total. The van der Waals surface area contributed by atoms with Crippen molar-refractivity contribution < 1.29 is 0 Å². The molecular weight excluding hydrogens is 188 g/mol. The molecule has 0 radical (unpaired) electrons. The van der Waals surface area contributed by atoms with Gasteiger partial charge in [-0.3, -0.25) is 0 Å². The molecule has 0 amide bonds. The van der Waals surface area contributed by atoms with Crippen LogP contribution in [-0.2, 0) is 0 Å². The van der Waals surface area contributed by atoms with Crippen molar-refractivity contribution in [2.24, 2.45) is 0 Å². The third-order valence-electron chi connectivity index (χ3n) is 1.47. The molecule has 0 saturated heterocycles. The molecule has 0 rings (SSSR count). The first-order valence-electron chi connectivity index (χ1n) is 3.76. The van der Waals surface area contributed by atoms with Crippen molar-refractivity contribution in [2.75, 3.05) is 0 Å². The molecule has 0 aromatic carbocycles. The monoisotopic (exact) mass is 202 g/mol. The van der Waals surface area contributed by atoms with Crippen molar-refractivity contribution in [1.29, 1.82) is 0 Å². The Balaban J connectivity index is 3.36. The van der Waals surface area contributed by atoms with Gasteiger partial charge in [-0.2, -0.15) is 0 Å². The van der Waals surface area contributed by atoms with E-state index in [1.165, 1.54) is 24.8 Å². The van der Waals surface area contributed by atoms with E-state index in [9.17, 15) is 0 Å². The van der Waals surface area contributed by atoms with Crippen molar-refractivity contribution >= 4 is 15.9 Å². The van der Waals surface area contributed by atoms with Crippen LogP contribution in [0.1, 0.15) is 32.6 Å². The second kappa shape index (κ2) is 7.07. The molecule has 0 aromatic rings. The minimum atomic E-state index is 1.16. The van der Waals surface area contributed by atoms with Crippen LogP contribution in [0.3, 0.4) is 0 Å². The SMILES string of the molecule is C=CC(=CBr)CCCCC. The van der Waals surface area contributed by atoms with E-state index in [1.54, 1.807) is 0 Å². The normalized spacial score (nSPS) is 11.6. The van der Waals surface area contributed by atoms with Crippen molar-refractivity contribution in [3.05, 3.63) is 23.2 Å². The smallest absolute Gasteiger partial charge is 0.0157 e. The van der Waals surface area contributed by atoms with Crippen molar-refractivity contribution in [1.82, 2.24) is 0 Å². The van der Waals surface area contributed by atoms with Crippen molar-refractivity contribution in [3.8, 4) is 0 Å². The maximum atomic E-state index is 3.71. The summed E-state index contributed by atoms with van der Waals surface area (Å²) in [4.78, 5) is 1.95. The Morgan fingerprint density at radius 3 is 2.60 bits per heavy atom. The van der Waals surface area contributed by atoms with Gasteiger partial charge in [-0.1, -0.05) is 48.4 Å². The van der Waals surface area contributed by atoms with E-state index < -0.39 is 0 Å². The molecule has 0 aliphatic heterocycles. The maximum Gasteiger partial charge on any atom is -0.0157 e. The highest BCUT2D eigenvalue weighted by atomic mass is 79.9. The molecule has 0 atom stereocenters. The first-order chi connectivity index (χ1) is 4.85. The molecule has 0 aliphatic rings. The number of allylic oxidation sites excluding steroid dienone is 2. The van der Waals surface area contributed by atoms with Gasteiger partial charge >= 0.3 is 0 Å². The van der Waals surface area contributed by atoms with Crippen LogP contribution in [0.15, 0.2) is 23.2 Å². The number of hydrogen-bond donors (Lipinski definition) is 0. The third kappa shape index (κ3) is 4.80. The predicted molar refractivity (Wildman–Crippen MR) is 51.3 cm³/mol. The molecule has 0 spiro atoms. The van der Waals surface area contributed by atoms with Crippen LogP contribution in [0.4, 0.5) is 0 Å². The quantitative estimate of drug-likeness (QED) is 0.467. The lowest BCUT2D eigenvalue weighted by Crippen LogP contribution is -1.77. The summed E-state index contributed by atoms with van der Waals surface area (Å²) < 4.78 is 0. The molecule has 0 fully saturated rings. The molecule has 0 aromatic heterocycles. The Morgan fingerprint density at radius 2 is 2.20 bits per heavy atom. The molecule has 0 aliphatic carbocycles. The topological polar surface area (TPSA) is 0 Å². The van der Waals surface area contributed by atoms with Crippen LogP contribution < -0.4 is 0 Å². The molecule has 0 nitrogen and oxygen atoms in total. The summed E-state index contributed by atoms with van der Waals surface area (Å²) in [5.41, 5.74) is 1.30. The Labute approximate surface area is 72.1 Å². The van der Waals surface area contributed by atoms with E-state index in [1.807, 2.05) is 11.1 Å². The Hall–Kier alpha value is -0.0400. The Morgan fingerprint density at radius 1 is 1.50 bits per heavy atom. The standard InChI is InChI=1S/C9H15Br/c1-3-5-6-7-9(4-2)8-10/h4,8H,2-3,5-7H2,1H3. The van der Waals surface area contributed by atoms with Gasteiger partial charge in [-0.25, -0.2) is 0 Å². The number of unbranched alkanes of at least 4 members (excludes halogenated alkanes) is 2. The van der Waals surface area contributed by atoms with Gasteiger partial charge in [0.15, 0.2) is 0 Å². The lowest BCUT2D eigenvalue weighted by atomic mass is 10.1. The Kier molecular flexibility index (Phi) is 7.04. The summed E-state index contributed by atoms with van der Waals surface area (Å²) in [5.74, 6) is 0. The number of hydrogen-bond acceptors (Lipinski definition) is 0. The van der Waals surface area contributed by atoms with Crippen LogP contribution in [0.2, 0.25) is 0 Å². The highest BCUT2D eigenvalue weighted by molar-refractivity contribution is 9.11. The second-order valence-electron chi connectivity index (χ2n) is 2.35. The first kappa shape index (κ1) is 9.96. The molecule has 0 heterocycles. The van der Waals surface area contributed by atoms with Gasteiger partial charge in [-0.15, -0.1) is 0 Å². The molecule has 10 heavy (non-hydrogen) atoms. The third-order valence-corrected chi connectivity index (χ3v) is 2.06. The van der Waals surface area contributed by atoms with Gasteiger partial charge in [0, 0.05) is 0 Å². The predicted octanol–water partition coefficient (Wildman–Crippen LogP) is 4.03. The summed E-state index contributed by atoms with van der Waals surface area (Å²) in [5, 5.41) is 0. The van der Waals surface area contributed by atoms with Gasteiger partial charge < -0.3 is 0 Å². The lowest BCUT2D eigenvalue weighted by Gasteiger charge is -1.97. The van der Waals surface area contributed by atoms with Gasteiger partial charge in [0.05, 0.1) is 0 Å². The molecule has 0 unspecified atom stereocenters. The van der Waals surface area contributed by atoms with Crippen LogP contribution >= 0.6 is 15.9 Å². The molecular formula is C9H15Br. The second-order valence-corrected chi connectivity index (χ2v) is 2.80. The Bertz CT molecular complexity index is 114. The molecule has 1 heteroatoms. The average Bonchev–Trinajstić information content (AvgIpc) is 1.99. The lowest BCUT2D eigenvalue weighted by molar-refractivity contribution is 0.720. The van der Waals surface area contributed by atoms with E-state index in [-0.39, 0.29) is 0 Å². The van der Waals surface area contributed by atoms with Crippen LogP contribution in [0, 0.1) is 0 Å². The summed E-state index contributed by atoms with van der Waals surface area (Å²) >= 11 is 3.29. The zero-order chi connectivity index (χ0) is 7.82. The fourth-order valence-corrected chi connectivity index (χ4v) is 1.20.